The highest BCUT2D eigenvalue weighted by molar-refractivity contribution is 5.79. The molecule has 0 amide bonds. The molecule has 0 aliphatic carbocycles. The standard InChI is InChI=1S/C4H11N5O/c5-3-7-4(6,1-2-10)9-8-3/h9-10H,1-2,6H2,(H3,5,7,8). The summed E-state index contributed by atoms with van der Waals surface area (Å²) in [5.41, 5.74) is 16.0. The van der Waals surface area contributed by atoms with E-state index in [1.54, 1.807) is 0 Å². The Kier molecular flexibility index (Phi) is 1.75. The van der Waals surface area contributed by atoms with Crippen LogP contribution in [0, 0.1) is 0 Å². The van der Waals surface area contributed by atoms with E-state index in [1.807, 2.05) is 0 Å². The van der Waals surface area contributed by atoms with Gasteiger partial charge in [0.2, 0.25) is 5.96 Å². The van der Waals surface area contributed by atoms with Crippen molar-refractivity contribution < 1.29 is 5.11 Å². The van der Waals surface area contributed by atoms with Crippen LogP contribution in [0.3, 0.4) is 0 Å². The van der Waals surface area contributed by atoms with Gasteiger partial charge < -0.3 is 10.8 Å². The largest absolute Gasteiger partial charge is 0.396 e. The zero-order valence-electron chi connectivity index (χ0n) is 5.46. The lowest BCUT2D eigenvalue weighted by Crippen LogP contribution is -2.53. The Bertz CT molecular complexity index is 158. The van der Waals surface area contributed by atoms with Gasteiger partial charge in [-0.15, -0.1) is 0 Å². The number of hydrogen-bond donors (Lipinski definition) is 5. The van der Waals surface area contributed by atoms with Crippen LogP contribution in [-0.4, -0.2) is 23.5 Å². The molecular weight excluding hydrogens is 134 g/mol. The van der Waals surface area contributed by atoms with Crippen LogP contribution in [0.2, 0.25) is 0 Å². The predicted molar refractivity (Wildman–Crippen MR) is 36.5 cm³/mol. The van der Waals surface area contributed by atoms with Gasteiger partial charge in [0.25, 0.3) is 0 Å². The van der Waals surface area contributed by atoms with Crippen molar-refractivity contribution in [1.29, 1.82) is 0 Å². The molecule has 0 aromatic carbocycles. The second-order valence-corrected chi connectivity index (χ2v) is 2.14. The van der Waals surface area contributed by atoms with Crippen LogP contribution >= 0.6 is 0 Å². The fourth-order valence-electron chi connectivity index (χ4n) is 0.732. The van der Waals surface area contributed by atoms with Crippen LogP contribution in [-0.2, 0) is 0 Å². The zero-order chi connectivity index (χ0) is 7.61. The summed E-state index contributed by atoms with van der Waals surface area (Å²) in [4.78, 5) is 3.80. The summed E-state index contributed by atoms with van der Waals surface area (Å²) in [6.07, 6.45) is 0.334. The number of nitrogens with two attached hydrogens (primary N) is 2. The van der Waals surface area contributed by atoms with E-state index in [1.165, 1.54) is 0 Å². The molecule has 6 nitrogen and oxygen atoms in total. The first-order valence-electron chi connectivity index (χ1n) is 2.94. The minimum atomic E-state index is -0.932. The topological polar surface area (TPSA) is 109 Å². The number of aliphatic hydroxyl groups is 1. The summed E-state index contributed by atoms with van der Waals surface area (Å²) in [6.45, 7) is -0.0258. The van der Waals surface area contributed by atoms with Crippen molar-refractivity contribution in [3.63, 3.8) is 0 Å². The molecule has 0 radical (unpaired) electrons. The molecule has 0 saturated carbocycles. The first-order valence-corrected chi connectivity index (χ1v) is 2.94. The second kappa shape index (κ2) is 2.41. The van der Waals surface area contributed by atoms with Gasteiger partial charge in [0.15, 0.2) is 5.79 Å². The lowest BCUT2D eigenvalue weighted by atomic mass is 10.3. The summed E-state index contributed by atoms with van der Waals surface area (Å²) in [5.74, 6) is -0.685. The normalized spacial score (nSPS) is 31.6. The van der Waals surface area contributed by atoms with E-state index in [-0.39, 0.29) is 12.6 Å². The van der Waals surface area contributed by atoms with E-state index in [4.69, 9.17) is 16.6 Å². The molecule has 58 valence electrons. The van der Waals surface area contributed by atoms with Crippen LogP contribution in [0.4, 0.5) is 0 Å². The molecule has 1 heterocycles. The molecule has 1 atom stereocenters. The van der Waals surface area contributed by atoms with E-state index in [2.05, 4.69) is 15.8 Å². The van der Waals surface area contributed by atoms with Gasteiger partial charge >= 0.3 is 0 Å². The van der Waals surface area contributed by atoms with Gasteiger partial charge in [0.05, 0.1) is 0 Å². The Hall–Kier alpha value is -0.850. The van der Waals surface area contributed by atoms with Gasteiger partial charge in [0.1, 0.15) is 0 Å². The Morgan fingerprint density at radius 3 is 2.80 bits per heavy atom. The SMILES string of the molecule is NC1=NC(N)(CCO)NN1. The maximum atomic E-state index is 8.52. The number of hydrazine groups is 1. The Morgan fingerprint density at radius 1 is 1.70 bits per heavy atom. The highest BCUT2D eigenvalue weighted by Gasteiger charge is 2.27. The molecular formula is C4H11N5O. The fraction of sp³-hybridized carbons (Fsp3) is 0.750. The van der Waals surface area contributed by atoms with Crippen molar-refractivity contribution in [3.05, 3.63) is 0 Å². The molecule has 10 heavy (non-hydrogen) atoms. The first kappa shape index (κ1) is 7.26. The lowest BCUT2D eigenvalue weighted by Gasteiger charge is -2.17. The number of aliphatic imine (C=N–C) groups is 1. The highest BCUT2D eigenvalue weighted by Crippen LogP contribution is 2.05. The second-order valence-electron chi connectivity index (χ2n) is 2.14. The van der Waals surface area contributed by atoms with Gasteiger partial charge in [0, 0.05) is 13.0 Å². The molecule has 1 aliphatic heterocycles. The molecule has 0 fully saturated rings. The van der Waals surface area contributed by atoms with Crippen molar-refractivity contribution in [2.24, 2.45) is 16.5 Å². The molecule has 6 heteroatoms. The van der Waals surface area contributed by atoms with Gasteiger partial charge in [-0.05, 0) is 0 Å². The number of rotatable bonds is 2. The number of nitrogens with one attached hydrogen (secondary N) is 2. The van der Waals surface area contributed by atoms with Crippen LogP contribution in [0.25, 0.3) is 0 Å². The third kappa shape index (κ3) is 1.35. The summed E-state index contributed by atoms with van der Waals surface area (Å²) in [5, 5.41) is 8.52. The lowest BCUT2D eigenvalue weighted by molar-refractivity contribution is 0.221. The predicted octanol–water partition coefficient (Wildman–Crippen LogP) is -2.60. The van der Waals surface area contributed by atoms with Crippen LogP contribution in [0.15, 0.2) is 4.99 Å². The van der Waals surface area contributed by atoms with Crippen molar-refractivity contribution in [3.8, 4) is 0 Å². The van der Waals surface area contributed by atoms with E-state index in [0.717, 1.165) is 0 Å². The van der Waals surface area contributed by atoms with Crippen molar-refractivity contribution >= 4 is 5.96 Å². The molecule has 1 unspecified atom stereocenters. The molecule has 1 aliphatic rings. The minimum absolute atomic E-state index is 0.0258. The molecule has 1 rings (SSSR count). The van der Waals surface area contributed by atoms with E-state index in [0.29, 0.717) is 6.42 Å². The highest BCUT2D eigenvalue weighted by atomic mass is 16.3. The molecule has 0 spiro atoms. The monoisotopic (exact) mass is 145 g/mol. The van der Waals surface area contributed by atoms with Gasteiger partial charge in [-0.2, -0.15) is 5.43 Å². The smallest absolute Gasteiger partial charge is 0.206 e. The average molecular weight is 145 g/mol. The van der Waals surface area contributed by atoms with Gasteiger partial charge in [-0.25, -0.2) is 4.99 Å². The van der Waals surface area contributed by atoms with Crippen molar-refractivity contribution in [2.75, 3.05) is 6.61 Å². The van der Waals surface area contributed by atoms with Crippen molar-refractivity contribution in [2.45, 2.75) is 12.2 Å². The summed E-state index contributed by atoms with van der Waals surface area (Å²) in [7, 11) is 0. The molecule has 7 N–H and O–H groups in total. The van der Waals surface area contributed by atoms with Crippen molar-refractivity contribution in [1.82, 2.24) is 10.9 Å². The van der Waals surface area contributed by atoms with Crippen LogP contribution < -0.4 is 22.3 Å². The molecule has 0 bridgehead atoms. The summed E-state index contributed by atoms with van der Waals surface area (Å²) < 4.78 is 0. The Balaban J connectivity index is 2.54. The molecule has 0 aromatic rings. The summed E-state index contributed by atoms with van der Waals surface area (Å²) in [6, 6.07) is 0. The molecule has 0 saturated heterocycles. The van der Waals surface area contributed by atoms with E-state index in [9.17, 15) is 0 Å². The van der Waals surface area contributed by atoms with Gasteiger partial charge in [-0.1, -0.05) is 0 Å². The number of hydrogen-bond acceptors (Lipinski definition) is 6. The average Bonchev–Trinajstić information content (AvgIpc) is 2.12. The fourth-order valence-corrected chi connectivity index (χ4v) is 0.732. The molecule has 0 aromatic heterocycles. The Labute approximate surface area is 58.3 Å². The minimum Gasteiger partial charge on any atom is -0.396 e. The van der Waals surface area contributed by atoms with Gasteiger partial charge in [-0.3, -0.25) is 11.2 Å². The Morgan fingerprint density at radius 2 is 2.40 bits per heavy atom. The zero-order valence-corrected chi connectivity index (χ0v) is 5.46. The third-order valence-electron chi connectivity index (χ3n) is 1.22. The van der Waals surface area contributed by atoms with E-state index < -0.39 is 5.79 Å². The van der Waals surface area contributed by atoms with E-state index >= 15 is 0 Å². The maximum absolute atomic E-state index is 8.52. The van der Waals surface area contributed by atoms with Crippen LogP contribution in [0.5, 0.6) is 0 Å². The quantitative estimate of drug-likeness (QED) is 0.293. The maximum Gasteiger partial charge on any atom is 0.206 e. The number of aliphatic hydroxyl groups excluding tert-OH is 1. The first-order chi connectivity index (χ1) is 4.66. The van der Waals surface area contributed by atoms with Crippen LogP contribution in [0.1, 0.15) is 6.42 Å². The number of nitrogens with zero attached hydrogens (tertiary/aromatic N) is 1. The third-order valence-corrected chi connectivity index (χ3v) is 1.22. The summed E-state index contributed by atoms with van der Waals surface area (Å²) >= 11 is 0. The number of guanidine groups is 1.